The van der Waals surface area contributed by atoms with Crippen LogP contribution in [0.2, 0.25) is 5.02 Å². The SMILES string of the molecule is COc1ccc([C@@H]2C(=C(O)c3ccc(Cl)cc3)C(=O)C(=O)N2CCN2CCOCC2)c(OC)c1. The molecule has 2 aliphatic heterocycles. The van der Waals surface area contributed by atoms with Gasteiger partial charge in [-0.2, -0.15) is 0 Å². The molecule has 0 spiro atoms. The topological polar surface area (TPSA) is 88.5 Å². The third kappa shape index (κ3) is 4.75. The lowest BCUT2D eigenvalue weighted by Gasteiger charge is -2.31. The number of ketones is 1. The average Bonchev–Trinajstić information content (AvgIpc) is 3.12. The fraction of sp³-hybridized carbons (Fsp3) is 0.360. The minimum Gasteiger partial charge on any atom is -0.507 e. The number of amides is 1. The van der Waals surface area contributed by atoms with E-state index in [4.69, 9.17) is 25.8 Å². The Hall–Kier alpha value is -3.07. The van der Waals surface area contributed by atoms with E-state index in [1.54, 1.807) is 49.6 Å². The molecule has 4 rings (SSSR count). The number of aliphatic hydroxyl groups is 1. The summed E-state index contributed by atoms with van der Waals surface area (Å²) in [5, 5.41) is 11.7. The van der Waals surface area contributed by atoms with Crippen molar-refractivity contribution in [2.24, 2.45) is 0 Å². The lowest BCUT2D eigenvalue weighted by atomic mass is 9.94. The van der Waals surface area contributed by atoms with Crippen molar-refractivity contribution >= 4 is 29.1 Å². The van der Waals surface area contributed by atoms with E-state index < -0.39 is 17.7 Å². The second kappa shape index (κ2) is 10.5. The van der Waals surface area contributed by atoms with Gasteiger partial charge in [0, 0.05) is 48.4 Å². The maximum Gasteiger partial charge on any atom is 0.295 e. The molecule has 0 bridgehead atoms. The number of halogens is 1. The summed E-state index contributed by atoms with van der Waals surface area (Å²) >= 11 is 5.99. The van der Waals surface area contributed by atoms with Crippen molar-refractivity contribution in [2.45, 2.75) is 6.04 Å². The van der Waals surface area contributed by atoms with Crippen LogP contribution >= 0.6 is 11.6 Å². The van der Waals surface area contributed by atoms with E-state index in [0.717, 1.165) is 13.1 Å². The van der Waals surface area contributed by atoms with Gasteiger partial charge in [0.1, 0.15) is 17.3 Å². The number of carbonyl (C=O) groups is 2. The number of morpholine rings is 1. The molecule has 1 N–H and O–H groups in total. The molecule has 0 radical (unpaired) electrons. The van der Waals surface area contributed by atoms with Gasteiger partial charge in [0.15, 0.2) is 0 Å². The highest BCUT2D eigenvalue weighted by molar-refractivity contribution is 6.46. The normalized spacial score (nSPS) is 20.6. The first-order valence-corrected chi connectivity index (χ1v) is 11.4. The lowest BCUT2D eigenvalue weighted by molar-refractivity contribution is -0.140. The van der Waals surface area contributed by atoms with Gasteiger partial charge in [-0.1, -0.05) is 11.6 Å². The Bertz CT molecular complexity index is 1100. The van der Waals surface area contributed by atoms with Crippen LogP contribution in [0.4, 0.5) is 0 Å². The number of benzene rings is 2. The monoisotopic (exact) mass is 486 g/mol. The first-order chi connectivity index (χ1) is 16.4. The van der Waals surface area contributed by atoms with Crippen molar-refractivity contribution in [3.05, 3.63) is 64.2 Å². The van der Waals surface area contributed by atoms with Crippen LogP contribution in [0.15, 0.2) is 48.0 Å². The van der Waals surface area contributed by atoms with Crippen LogP contribution in [0.25, 0.3) is 5.76 Å². The van der Waals surface area contributed by atoms with Gasteiger partial charge < -0.3 is 24.2 Å². The molecule has 34 heavy (non-hydrogen) atoms. The number of aliphatic hydroxyl groups excluding tert-OH is 1. The second-order valence-electron chi connectivity index (χ2n) is 8.06. The molecule has 1 amide bonds. The second-order valence-corrected chi connectivity index (χ2v) is 8.50. The summed E-state index contributed by atoms with van der Waals surface area (Å²) < 4.78 is 16.3. The summed E-state index contributed by atoms with van der Waals surface area (Å²) in [6.07, 6.45) is 0. The highest BCUT2D eigenvalue weighted by Gasteiger charge is 2.47. The number of nitrogens with zero attached hydrogens (tertiary/aromatic N) is 2. The van der Waals surface area contributed by atoms with E-state index >= 15 is 0 Å². The average molecular weight is 487 g/mol. The van der Waals surface area contributed by atoms with E-state index in [9.17, 15) is 14.7 Å². The highest BCUT2D eigenvalue weighted by Crippen LogP contribution is 2.43. The number of ether oxygens (including phenoxy) is 3. The Morgan fingerprint density at radius 1 is 1.06 bits per heavy atom. The molecule has 2 aliphatic rings. The Kier molecular flexibility index (Phi) is 7.41. The van der Waals surface area contributed by atoms with Crippen molar-refractivity contribution < 1.29 is 28.9 Å². The molecule has 2 fully saturated rings. The van der Waals surface area contributed by atoms with Gasteiger partial charge in [0.25, 0.3) is 11.7 Å². The van der Waals surface area contributed by atoms with Crippen LogP contribution in [0.1, 0.15) is 17.2 Å². The zero-order chi connectivity index (χ0) is 24.2. The van der Waals surface area contributed by atoms with Crippen molar-refractivity contribution in [2.75, 3.05) is 53.6 Å². The maximum atomic E-state index is 13.2. The zero-order valence-electron chi connectivity index (χ0n) is 19.1. The number of carbonyl (C=O) groups excluding carboxylic acids is 2. The van der Waals surface area contributed by atoms with Crippen LogP contribution in [0, 0.1) is 0 Å². The molecule has 8 nitrogen and oxygen atoms in total. The fourth-order valence-corrected chi connectivity index (χ4v) is 4.44. The van der Waals surface area contributed by atoms with E-state index in [1.807, 2.05) is 0 Å². The van der Waals surface area contributed by atoms with Crippen molar-refractivity contribution in [1.82, 2.24) is 9.80 Å². The van der Waals surface area contributed by atoms with Gasteiger partial charge in [0.2, 0.25) is 0 Å². The largest absolute Gasteiger partial charge is 0.507 e. The smallest absolute Gasteiger partial charge is 0.295 e. The minimum atomic E-state index is -0.822. The van der Waals surface area contributed by atoms with Gasteiger partial charge in [0.05, 0.1) is 39.0 Å². The van der Waals surface area contributed by atoms with Gasteiger partial charge in [-0.05, 0) is 36.4 Å². The van der Waals surface area contributed by atoms with Crippen LogP contribution in [0.3, 0.4) is 0 Å². The quantitative estimate of drug-likeness (QED) is 0.365. The molecule has 1 atom stereocenters. The van der Waals surface area contributed by atoms with E-state index in [1.165, 1.54) is 12.0 Å². The third-order valence-corrected chi connectivity index (χ3v) is 6.41. The first-order valence-electron chi connectivity index (χ1n) is 11.0. The number of likely N-dealkylation sites (tertiary alicyclic amines) is 1. The predicted octanol–water partition coefficient (Wildman–Crippen LogP) is 3.11. The Labute approximate surface area is 203 Å². The molecular formula is C25H27ClN2O6. The van der Waals surface area contributed by atoms with Gasteiger partial charge in [-0.25, -0.2) is 0 Å². The minimum absolute atomic E-state index is 0.0118. The molecule has 2 aromatic carbocycles. The number of methoxy groups -OCH3 is 2. The van der Waals surface area contributed by atoms with Gasteiger partial charge >= 0.3 is 0 Å². The highest BCUT2D eigenvalue weighted by atomic mass is 35.5. The van der Waals surface area contributed by atoms with Crippen LogP contribution < -0.4 is 9.47 Å². The van der Waals surface area contributed by atoms with Crippen molar-refractivity contribution in [1.29, 1.82) is 0 Å². The summed E-state index contributed by atoms with van der Waals surface area (Å²) in [5.74, 6) is -0.635. The van der Waals surface area contributed by atoms with Crippen LogP contribution in [0.5, 0.6) is 11.5 Å². The molecule has 0 unspecified atom stereocenters. The summed E-state index contributed by atoms with van der Waals surface area (Å²) in [6.45, 7) is 3.65. The van der Waals surface area contributed by atoms with E-state index in [-0.39, 0.29) is 11.3 Å². The van der Waals surface area contributed by atoms with Crippen LogP contribution in [-0.2, 0) is 14.3 Å². The Morgan fingerprint density at radius 2 is 1.76 bits per heavy atom. The number of hydrogen-bond acceptors (Lipinski definition) is 7. The molecule has 2 saturated heterocycles. The zero-order valence-corrected chi connectivity index (χ0v) is 19.9. The molecule has 2 aromatic rings. The maximum absolute atomic E-state index is 13.2. The lowest BCUT2D eigenvalue weighted by Crippen LogP contribution is -2.42. The van der Waals surface area contributed by atoms with Crippen molar-refractivity contribution in [3.63, 3.8) is 0 Å². The van der Waals surface area contributed by atoms with E-state index in [0.29, 0.717) is 54.0 Å². The van der Waals surface area contributed by atoms with Gasteiger partial charge in [-0.15, -0.1) is 0 Å². The first kappa shape index (κ1) is 24.1. The summed E-state index contributed by atoms with van der Waals surface area (Å²) in [6, 6.07) is 10.8. The molecular weight excluding hydrogens is 460 g/mol. The molecule has 2 heterocycles. The molecule has 0 aromatic heterocycles. The number of rotatable bonds is 7. The molecule has 0 aliphatic carbocycles. The standard InChI is InChI=1S/C25H27ClN2O6/c1-32-18-7-8-19(20(15-18)33-2)22-21(23(29)16-3-5-17(26)6-4-16)24(30)25(31)28(22)10-9-27-11-13-34-14-12-27/h3-8,15,22,29H,9-14H2,1-2H3/t22-/m1/s1. The Balaban J connectivity index is 1.79. The van der Waals surface area contributed by atoms with Crippen LogP contribution in [-0.4, -0.2) is 80.2 Å². The molecule has 180 valence electrons. The summed E-state index contributed by atoms with van der Waals surface area (Å²) in [7, 11) is 3.06. The molecule has 0 saturated carbocycles. The third-order valence-electron chi connectivity index (χ3n) is 6.15. The summed E-state index contributed by atoms with van der Waals surface area (Å²) in [4.78, 5) is 30.1. The Morgan fingerprint density at radius 3 is 2.41 bits per heavy atom. The van der Waals surface area contributed by atoms with E-state index in [2.05, 4.69) is 4.90 Å². The van der Waals surface area contributed by atoms with Gasteiger partial charge in [-0.3, -0.25) is 14.5 Å². The number of hydrogen-bond donors (Lipinski definition) is 1. The summed E-state index contributed by atoms with van der Waals surface area (Å²) in [5.41, 5.74) is 0.991. The number of Topliss-reactive ketones (excluding diaryl/α,β-unsaturated/α-hetero) is 1. The fourth-order valence-electron chi connectivity index (χ4n) is 4.32. The van der Waals surface area contributed by atoms with Crippen molar-refractivity contribution in [3.8, 4) is 11.5 Å². The molecule has 9 heteroatoms. The predicted molar refractivity (Wildman–Crippen MR) is 127 cm³/mol.